The van der Waals surface area contributed by atoms with E-state index >= 15 is 0 Å². The second kappa shape index (κ2) is 4.59. The summed E-state index contributed by atoms with van der Waals surface area (Å²) in [4.78, 5) is 12.4. The largest absolute Gasteiger partial charge is 0.299 e. The van der Waals surface area contributed by atoms with E-state index in [1.807, 2.05) is 0 Å². The molecule has 1 heteroatoms. The van der Waals surface area contributed by atoms with Crippen molar-refractivity contribution in [3.05, 3.63) is 0 Å². The van der Waals surface area contributed by atoms with Gasteiger partial charge in [0.1, 0.15) is 5.78 Å². The Balaban J connectivity index is 1.67. The molecule has 0 radical (unpaired) electrons. The first kappa shape index (κ1) is 14.3. The monoisotopic (exact) mass is 288 g/mol. The molecule has 0 bridgehead atoms. The molecule has 4 rings (SSSR count). The summed E-state index contributed by atoms with van der Waals surface area (Å²) in [5, 5.41) is 0. The molecule has 0 unspecified atom stereocenters. The van der Waals surface area contributed by atoms with Gasteiger partial charge in [-0.3, -0.25) is 4.79 Å². The van der Waals surface area contributed by atoms with Crippen LogP contribution in [0.15, 0.2) is 0 Å². The Labute approximate surface area is 130 Å². The van der Waals surface area contributed by atoms with Gasteiger partial charge in [0, 0.05) is 12.3 Å². The molecule has 0 aromatic rings. The van der Waals surface area contributed by atoms with Crippen molar-refractivity contribution in [2.75, 3.05) is 0 Å². The van der Waals surface area contributed by atoms with Crippen molar-refractivity contribution in [2.24, 2.45) is 40.4 Å². The summed E-state index contributed by atoms with van der Waals surface area (Å²) in [5.74, 6) is 4.37. The molecule has 4 aliphatic carbocycles. The molecular weight excluding hydrogens is 256 g/mol. The second-order valence-electron chi connectivity index (χ2n) is 9.34. The second-order valence-corrected chi connectivity index (χ2v) is 9.34. The standard InChI is InChI=1S/C20H32O/c1-13-18(21)12-17-15-8-7-14-6-4-5-10-20(14,3)16(15)9-11-19(13,17)2/h13-17H,4-12H2,1-3H3/t13-,14-,15-,16+,17+,19-,20+/m1/s1. The Kier molecular flexibility index (Phi) is 3.12. The van der Waals surface area contributed by atoms with E-state index in [0.29, 0.717) is 28.4 Å². The molecule has 118 valence electrons. The third-order valence-electron chi connectivity index (χ3n) is 8.91. The van der Waals surface area contributed by atoms with Gasteiger partial charge in [-0.15, -0.1) is 0 Å². The van der Waals surface area contributed by atoms with Gasteiger partial charge in [0.15, 0.2) is 0 Å². The van der Waals surface area contributed by atoms with E-state index in [-0.39, 0.29) is 0 Å². The molecule has 1 nitrogen and oxygen atoms in total. The molecule has 0 N–H and O–H groups in total. The van der Waals surface area contributed by atoms with Gasteiger partial charge in [-0.25, -0.2) is 0 Å². The van der Waals surface area contributed by atoms with Gasteiger partial charge in [0.25, 0.3) is 0 Å². The van der Waals surface area contributed by atoms with Gasteiger partial charge < -0.3 is 0 Å². The highest BCUT2D eigenvalue weighted by Gasteiger charge is 2.60. The van der Waals surface area contributed by atoms with Gasteiger partial charge in [-0.2, -0.15) is 0 Å². The predicted molar refractivity (Wildman–Crippen MR) is 85.9 cm³/mol. The molecule has 0 heterocycles. The van der Waals surface area contributed by atoms with Crippen molar-refractivity contribution in [3.8, 4) is 0 Å². The van der Waals surface area contributed by atoms with Crippen LogP contribution in [0.3, 0.4) is 0 Å². The molecule has 7 atom stereocenters. The van der Waals surface area contributed by atoms with Gasteiger partial charge in [0.05, 0.1) is 0 Å². The minimum Gasteiger partial charge on any atom is -0.299 e. The van der Waals surface area contributed by atoms with E-state index in [1.54, 1.807) is 0 Å². The van der Waals surface area contributed by atoms with Crippen molar-refractivity contribution in [2.45, 2.75) is 78.6 Å². The normalized spacial score (nSPS) is 56.5. The van der Waals surface area contributed by atoms with E-state index in [4.69, 9.17) is 0 Å². The first-order valence-corrected chi connectivity index (χ1v) is 9.49. The number of rotatable bonds is 0. The highest BCUT2D eigenvalue weighted by Crippen LogP contribution is 2.66. The summed E-state index contributed by atoms with van der Waals surface area (Å²) in [6, 6.07) is 0. The quantitative estimate of drug-likeness (QED) is 0.596. The van der Waals surface area contributed by atoms with E-state index in [0.717, 1.165) is 24.2 Å². The Morgan fingerprint density at radius 3 is 2.52 bits per heavy atom. The lowest BCUT2D eigenvalue weighted by molar-refractivity contribution is -0.122. The van der Waals surface area contributed by atoms with Crippen LogP contribution in [0.1, 0.15) is 78.6 Å². The maximum atomic E-state index is 12.4. The number of Topliss-reactive ketones (excluding diaryl/α,β-unsaturated/α-hetero) is 1. The van der Waals surface area contributed by atoms with Crippen LogP contribution < -0.4 is 0 Å². The zero-order chi connectivity index (χ0) is 14.8. The van der Waals surface area contributed by atoms with Crippen LogP contribution in [-0.2, 0) is 4.79 Å². The summed E-state index contributed by atoms with van der Waals surface area (Å²) < 4.78 is 0. The predicted octanol–water partition coefficient (Wildman–Crippen LogP) is 5.23. The average Bonchev–Trinajstić information content (AvgIpc) is 2.70. The van der Waals surface area contributed by atoms with Crippen molar-refractivity contribution in [1.82, 2.24) is 0 Å². The van der Waals surface area contributed by atoms with Crippen LogP contribution in [0, 0.1) is 40.4 Å². The zero-order valence-corrected chi connectivity index (χ0v) is 14.2. The number of hydrogen-bond donors (Lipinski definition) is 0. The van der Waals surface area contributed by atoms with Gasteiger partial charge in [0.2, 0.25) is 0 Å². The Morgan fingerprint density at radius 2 is 1.71 bits per heavy atom. The number of ketones is 1. The lowest BCUT2D eigenvalue weighted by atomic mass is 9.45. The first-order valence-electron chi connectivity index (χ1n) is 9.49. The van der Waals surface area contributed by atoms with E-state index in [1.165, 1.54) is 51.4 Å². The van der Waals surface area contributed by atoms with Gasteiger partial charge >= 0.3 is 0 Å². The molecule has 4 saturated carbocycles. The highest BCUT2D eigenvalue weighted by molar-refractivity contribution is 5.84. The SMILES string of the molecule is C[C@@H]1C(=O)C[C@H]2[C@@H]3CC[C@H]4CCCC[C@]4(C)[C@H]3CC[C@]12C. The molecule has 0 aromatic carbocycles. The molecule has 21 heavy (non-hydrogen) atoms. The minimum absolute atomic E-state index is 0.320. The average molecular weight is 288 g/mol. The number of carbonyl (C=O) groups is 1. The third kappa shape index (κ3) is 1.78. The number of fused-ring (bicyclic) bond motifs is 5. The van der Waals surface area contributed by atoms with Crippen LogP contribution in [0.2, 0.25) is 0 Å². The maximum absolute atomic E-state index is 12.4. The van der Waals surface area contributed by atoms with E-state index < -0.39 is 0 Å². The fraction of sp³-hybridized carbons (Fsp3) is 0.950. The van der Waals surface area contributed by atoms with Gasteiger partial charge in [-0.05, 0) is 73.0 Å². The van der Waals surface area contributed by atoms with E-state index in [2.05, 4.69) is 20.8 Å². The molecule has 4 aliphatic rings. The summed E-state index contributed by atoms with van der Waals surface area (Å²) in [7, 11) is 0. The fourth-order valence-corrected chi connectivity index (χ4v) is 7.33. The fourth-order valence-electron chi connectivity index (χ4n) is 7.33. The summed E-state index contributed by atoms with van der Waals surface area (Å²) in [6.07, 6.45) is 12.4. The molecule has 0 amide bonds. The van der Waals surface area contributed by atoms with Crippen molar-refractivity contribution < 1.29 is 4.79 Å². The maximum Gasteiger partial charge on any atom is 0.136 e. The summed E-state index contributed by atoms with van der Waals surface area (Å²) in [5.41, 5.74) is 0.938. The molecule has 4 fully saturated rings. The van der Waals surface area contributed by atoms with Crippen molar-refractivity contribution in [1.29, 1.82) is 0 Å². The van der Waals surface area contributed by atoms with Crippen LogP contribution >= 0.6 is 0 Å². The van der Waals surface area contributed by atoms with Crippen LogP contribution in [0.4, 0.5) is 0 Å². The number of carbonyl (C=O) groups excluding carboxylic acids is 1. The number of hydrogen-bond acceptors (Lipinski definition) is 1. The lowest BCUT2D eigenvalue weighted by Gasteiger charge is -2.60. The molecule has 0 aromatic heterocycles. The van der Waals surface area contributed by atoms with Crippen LogP contribution in [0.5, 0.6) is 0 Å². The molecule has 0 saturated heterocycles. The summed E-state index contributed by atoms with van der Waals surface area (Å²) >= 11 is 0. The third-order valence-corrected chi connectivity index (χ3v) is 8.91. The van der Waals surface area contributed by atoms with Crippen molar-refractivity contribution >= 4 is 5.78 Å². The minimum atomic E-state index is 0.320. The highest BCUT2D eigenvalue weighted by atomic mass is 16.1. The summed E-state index contributed by atoms with van der Waals surface area (Å²) in [6.45, 7) is 7.28. The smallest absolute Gasteiger partial charge is 0.136 e. The Hall–Kier alpha value is -0.330. The zero-order valence-electron chi connectivity index (χ0n) is 14.2. The van der Waals surface area contributed by atoms with E-state index in [9.17, 15) is 4.79 Å². The Morgan fingerprint density at radius 1 is 0.905 bits per heavy atom. The first-order chi connectivity index (χ1) is 9.97. The van der Waals surface area contributed by atoms with Crippen LogP contribution in [-0.4, -0.2) is 5.78 Å². The van der Waals surface area contributed by atoms with Crippen LogP contribution in [0.25, 0.3) is 0 Å². The lowest BCUT2D eigenvalue weighted by Crippen LogP contribution is -2.52. The molecular formula is C20H32O. The van der Waals surface area contributed by atoms with Gasteiger partial charge in [-0.1, -0.05) is 33.6 Å². The van der Waals surface area contributed by atoms with Crippen molar-refractivity contribution in [3.63, 3.8) is 0 Å². The molecule has 0 spiro atoms. The molecule has 0 aliphatic heterocycles. The topological polar surface area (TPSA) is 17.1 Å². The Bertz CT molecular complexity index is 455.